The number of nitrogens with one attached hydrogen (secondary N) is 1. The molecule has 0 aliphatic rings. The molecule has 0 unspecified atom stereocenters. The number of amides is 1. The van der Waals surface area contributed by atoms with Crippen molar-refractivity contribution in [1.82, 2.24) is 5.43 Å². The first kappa shape index (κ1) is 21.1. The predicted octanol–water partition coefficient (Wildman–Crippen LogP) is 5.36. The smallest absolute Gasteiger partial charge is 0.416 e. The highest BCUT2D eigenvalue weighted by Gasteiger charge is 2.30. The molecule has 0 aromatic heterocycles. The predicted molar refractivity (Wildman–Crippen MR) is 108 cm³/mol. The van der Waals surface area contributed by atoms with Gasteiger partial charge in [0.1, 0.15) is 12.4 Å². The molecule has 0 aliphatic heterocycles. The zero-order chi connectivity index (χ0) is 21.6. The van der Waals surface area contributed by atoms with Crippen molar-refractivity contribution in [2.75, 3.05) is 0 Å². The van der Waals surface area contributed by atoms with Gasteiger partial charge in [-0.15, -0.1) is 0 Å². The van der Waals surface area contributed by atoms with Crippen LogP contribution < -0.4 is 10.2 Å². The van der Waals surface area contributed by atoms with Crippen LogP contribution in [0.3, 0.4) is 0 Å². The monoisotopic (exact) mass is 412 g/mol. The molecule has 0 spiro atoms. The summed E-state index contributed by atoms with van der Waals surface area (Å²) in [4.78, 5) is 12.1. The van der Waals surface area contributed by atoms with Gasteiger partial charge in [-0.1, -0.05) is 48.0 Å². The number of benzene rings is 3. The van der Waals surface area contributed by atoms with Gasteiger partial charge in [-0.2, -0.15) is 18.3 Å². The number of alkyl halides is 3. The van der Waals surface area contributed by atoms with Crippen molar-refractivity contribution in [3.63, 3.8) is 0 Å². The van der Waals surface area contributed by atoms with Crippen LogP contribution in [-0.2, 0) is 12.8 Å². The third-order valence-corrected chi connectivity index (χ3v) is 4.26. The number of hydrazone groups is 1. The maximum Gasteiger partial charge on any atom is 0.416 e. The van der Waals surface area contributed by atoms with Crippen LogP contribution in [0, 0.1) is 6.92 Å². The molecule has 0 saturated carbocycles. The van der Waals surface area contributed by atoms with Crippen molar-refractivity contribution in [3.8, 4) is 5.75 Å². The van der Waals surface area contributed by atoms with Crippen LogP contribution in [0.15, 0.2) is 77.9 Å². The number of aryl methyl sites for hydroxylation is 1. The Balaban J connectivity index is 1.65. The van der Waals surface area contributed by atoms with Gasteiger partial charge in [-0.3, -0.25) is 4.79 Å². The second-order valence-electron chi connectivity index (χ2n) is 6.59. The first-order valence-electron chi connectivity index (χ1n) is 9.11. The van der Waals surface area contributed by atoms with E-state index in [2.05, 4.69) is 10.5 Å². The van der Waals surface area contributed by atoms with Gasteiger partial charge in [-0.05, 0) is 42.8 Å². The topological polar surface area (TPSA) is 50.7 Å². The molecule has 3 aromatic rings. The average molecular weight is 412 g/mol. The molecule has 0 fully saturated rings. The number of halogens is 3. The Hall–Kier alpha value is -3.61. The number of carbonyl (C=O) groups excluding carboxylic acids is 1. The molecule has 30 heavy (non-hydrogen) atoms. The van der Waals surface area contributed by atoms with E-state index in [1.165, 1.54) is 18.3 Å². The Morgan fingerprint density at radius 1 is 1.03 bits per heavy atom. The van der Waals surface area contributed by atoms with Crippen molar-refractivity contribution >= 4 is 12.1 Å². The molecule has 0 atom stereocenters. The van der Waals surface area contributed by atoms with E-state index in [0.29, 0.717) is 17.9 Å². The first-order valence-corrected chi connectivity index (χ1v) is 9.11. The Morgan fingerprint density at radius 2 is 1.77 bits per heavy atom. The minimum atomic E-state index is -4.52. The first-order chi connectivity index (χ1) is 14.3. The van der Waals surface area contributed by atoms with Crippen molar-refractivity contribution in [2.45, 2.75) is 19.7 Å². The minimum absolute atomic E-state index is 0.133. The van der Waals surface area contributed by atoms with E-state index in [9.17, 15) is 18.0 Å². The highest BCUT2D eigenvalue weighted by atomic mass is 19.4. The summed E-state index contributed by atoms with van der Waals surface area (Å²) in [5, 5.41) is 3.85. The molecule has 1 amide bonds. The zero-order valence-corrected chi connectivity index (χ0v) is 16.1. The molecule has 1 N–H and O–H groups in total. The van der Waals surface area contributed by atoms with Gasteiger partial charge >= 0.3 is 6.18 Å². The minimum Gasteiger partial charge on any atom is -0.488 e. The number of para-hydroxylation sites is 1. The van der Waals surface area contributed by atoms with Gasteiger partial charge < -0.3 is 4.74 Å². The number of rotatable bonds is 6. The fourth-order valence-corrected chi connectivity index (χ4v) is 2.63. The number of carbonyl (C=O) groups is 1. The molecule has 7 heteroatoms. The number of nitrogens with zero attached hydrogens (tertiary/aromatic N) is 1. The summed E-state index contributed by atoms with van der Waals surface area (Å²) in [6.07, 6.45) is -3.14. The normalized spacial score (nSPS) is 11.5. The molecule has 4 nitrogen and oxygen atoms in total. The Morgan fingerprint density at radius 3 is 2.50 bits per heavy atom. The maximum atomic E-state index is 12.8. The summed E-state index contributed by atoms with van der Waals surface area (Å²) in [6.45, 7) is 2.37. The fraction of sp³-hybridized carbons (Fsp3) is 0.130. The molecular weight excluding hydrogens is 393 g/mol. The molecule has 3 rings (SSSR count). The van der Waals surface area contributed by atoms with Crippen molar-refractivity contribution in [1.29, 1.82) is 0 Å². The third-order valence-electron chi connectivity index (χ3n) is 4.26. The summed E-state index contributed by atoms with van der Waals surface area (Å²) < 4.78 is 44.2. The summed E-state index contributed by atoms with van der Waals surface area (Å²) in [6, 6.07) is 19.2. The van der Waals surface area contributed by atoms with Crippen LogP contribution in [0.2, 0.25) is 0 Å². The summed E-state index contributed by atoms with van der Waals surface area (Å²) in [5.74, 6) is -0.175. The maximum absolute atomic E-state index is 12.8. The van der Waals surface area contributed by atoms with Gasteiger partial charge in [0.15, 0.2) is 0 Å². The highest BCUT2D eigenvalue weighted by Crippen LogP contribution is 2.29. The molecule has 0 heterocycles. The Bertz CT molecular complexity index is 1040. The molecule has 0 aliphatic carbocycles. The van der Waals surface area contributed by atoms with Crippen LogP contribution in [0.1, 0.15) is 32.6 Å². The second-order valence-corrected chi connectivity index (χ2v) is 6.59. The largest absolute Gasteiger partial charge is 0.488 e. The standard InChI is InChI=1S/C23H19F3N2O2/c1-16-9-11-17(12-10-16)15-30-21-8-3-2-5-19(21)14-27-28-22(29)18-6-4-7-20(13-18)23(24,25)26/h2-14H,15H2,1H3,(H,28,29)/b27-14-. The van der Waals surface area contributed by atoms with Gasteiger partial charge in [-0.25, -0.2) is 5.43 Å². The quantitative estimate of drug-likeness (QED) is 0.438. The van der Waals surface area contributed by atoms with Crippen LogP contribution in [0.4, 0.5) is 13.2 Å². The van der Waals surface area contributed by atoms with E-state index in [0.717, 1.165) is 23.3 Å². The molecular formula is C23H19F3N2O2. The van der Waals surface area contributed by atoms with Gasteiger partial charge in [0.05, 0.1) is 11.8 Å². The van der Waals surface area contributed by atoms with Crippen LogP contribution in [-0.4, -0.2) is 12.1 Å². The molecule has 3 aromatic carbocycles. The number of hydrogen-bond donors (Lipinski definition) is 1. The lowest BCUT2D eigenvalue weighted by Crippen LogP contribution is -2.18. The summed E-state index contributed by atoms with van der Waals surface area (Å²) in [7, 11) is 0. The lowest BCUT2D eigenvalue weighted by molar-refractivity contribution is -0.137. The zero-order valence-electron chi connectivity index (χ0n) is 16.1. The third kappa shape index (κ3) is 5.70. The molecule has 0 bridgehead atoms. The molecule has 0 saturated heterocycles. The van der Waals surface area contributed by atoms with E-state index >= 15 is 0 Å². The second kappa shape index (κ2) is 9.26. The van der Waals surface area contributed by atoms with Crippen molar-refractivity contribution in [3.05, 3.63) is 101 Å². The Labute approximate surface area is 172 Å². The highest BCUT2D eigenvalue weighted by molar-refractivity contribution is 5.95. The summed E-state index contributed by atoms with van der Waals surface area (Å²) in [5.41, 5.74) is 3.99. The number of ether oxygens (including phenoxy) is 1. The molecule has 0 radical (unpaired) electrons. The van der Waals surface area contributed by atoms with E-state index in [1.807, 2.05) is 37.3 Å². The van der Waals surface area contributed by atoms with Gasteiger partial charge in [0.2, 0.25) is 0 Å². The van der Waals surface area contributed by atoms with E-state index in [1.54, 1.807) is 18.2 Å². The van der Waals surface area contributed by atoms with E-state index in [-0.39, 0.29) is 5.56 Å². The van der Waals surface area contributed by atoms with Gasteiger partial charge in [0, 0.05) is 11.1 Å². The Kier molecular flexibility index (Phi) is 6.51. The van der Waals surface area contributed by atoms with Crippen LogP contribution in [0.5, 0.6) is 5.75 Å². The fourth-order valence-electron chi connectivity index (χ4n) is 2.63. The summed E-state index contributed by atoms with van der Waals surface area (Å²) >= 11 is 0. The lowest BCUT2D eigenvalue weighted by Gasteiger charge is -2.09. The SMILES string of the molecule is Cc1ccc(COc2ccccc2/C=N\NC(=O)c2cccc(C(F)(F)F)c2)cc1. The number of hydrogen-bond acceptors (Lipinski definition) is 3. The van der Waals surface area contributed by atoms with Crippen molar-refractivity contribution < 1.29 is 22.7 Å². The van der Waals surface area contributed by atoms with Crippen molar-refractivity contribution in [2.24, 2.45) is 5.10 Å². The van der Waals surface area contributed by atoms with Crippen LogP contribution >= 0.6 is 0 Å². The molecule has 154 valence electrons. The van der Waals surface area contributed by atoms with Crippen LogP contribution in [0.25, 0.3) is 0 Å². The van der Waals surface area contributed by atoms with E-state index < -0.39 is 17.6 Å². The van der Waals surface area contributed by atoms with Gasteiger partial charge in [0.25, 0.3) is 5.91 Å². The average Bonchev–Trinajstić information content (AvgIpc) is 2.73. The van der Waals surface area contributed by atoms with E-state index in [4.69, 9.17) is 4.74 Å². The lowest BCUT2D eigenvalue weighted by atomic mass is 10.1.